The summed E-state index contributed by atoms with van der Waals surface area (Å²) in [7, 11) is -2.36. The van der Waals surface area contributed by atoms with Crippen LogP contribution >= 0.6 is 0 Å². The van der Waals surface area contributed by atoms with Crippen LogP contribution in [0.2, 0.25) is 6.04 Å². The first-order chi connectivity index (χ1) is 9.83. The number of carbonyl (C=O) groups excluding carboxylic acids is 1. The molecular weight excluding hydrogens is 268 g/mol. The molecule has 0 aromatic heterocycles. The standard InChI is InChI=1S/C16H17O3Si/c1-2-20(19-14-18-13-17,15-9-5-3-6-10-15)16-11-7-4-8-12-16/h3-12H,2,14H2,1H3. The Morgan fingerprint density at radius 1 is 0.950 bits per heavy atom. The molecule has 0 aliphatic heterocycles. The first-order valence-electron chi connectivity index (χ1n) is 6.57. The predicted molar refractivity (Wildman–Crippen MR) is 81.1 cm³/mol. The number of hydrogen-bond donors (Lipinski definition) is 0. The van der Waals surface area contributed by atoms with Crippen molar-refractivity contribution in [3.05, 3.63) is 60.7 Å². The molecule has 2 rings (SSSR count). The fourth-order valence-electron chi connectivity index (χ4n) is 2.41. The Morgan fingerprint density at radius 3 is 1.85 bits per heavy atom. The third kappa shape index (κ3) is 2.97. The first kappa shape index (κ1) is 14.5. The van der Waals surface area contributed by atoms with E-state index >= 15 is 0 Å². The van der Waals surface area contributed by atoms with Crippen LogP contribution < -0.4 is 10.4 Å². The van der Waals surface area contributed by atoms with E-state index in [1.165, 1.54) is 16.8 Å². The van der Waals surface area contributed by atoms with E-state index in [4.69, 9.17) is 4.43 Å². The molecule has 103 valence electrons. The normalized spacial score (nSPS) is 11.1. The van der Waals surface area contributed by atoms with E-state index in [0.29, 0.717) is 0 Å². The molecule has 2 aromatic rings. The Hall–Kier alpha value is -1.91. The van der Waals surface area contributed by atoms with Crippen molar-refractivity contribution in [2.45, 2.75) is 13.0 Å². The highest BCUT2D eigenvalue weighted by Crippen LogP contribution is 2.13. The molecule has 2 aromatic carbocycles. The topological polar surface area (TPSA) is 35.5 Å². The van der Waals surface area contributed by atoms with Gasteiger partial charge in [0.15, 0.2) is 6.79 Å². The molecule has 0 bridgehead atoms. The summed E-state index contributed by atoms with van der Waals surface area (Å²) in [6.45, 7) is 3.46. The second-order valence-electron chi connectivity index (χ2n) is 4.40. The SMILES string of the molecule is CC[Si](OCO[C]=O)(c1ccccc1)c1ccccc1. The summed E-state index contributed by atoms with van der Waals surface area (Å²) >= 11 is 0. The first-order valence-corrected chi connectivity index (χ1v) is 8.69. The molecule has 0 aliphatic carbocycles. The minimum absolute atomic E-state index is 0.0622. The molecular formula is C16H17O3Si. The van der Waals surface area contributed by atoms with Crippen LogP contribution in [0.4, 0.5) is 0 Å². The molecule has 0 spiro atoms. The Morgan fingerprint density at radius 2 is 1.45 bits per heavy atom. The summed E-state index contributed by atoms with van der Waals surface area (Å²) in [6, 6.07) is 21.2. The fourth-order valence-corrected chi connectivity index (χ4v) is 5.82. The fraction of sp³-hybridized carbons (Fsp3) is 0.188. The second-order valence-corrected chi connectivity index (χ2v) is 8.21. The van der Waals surface area contributed by atoms with Gasteiger partial charge in [-0.05, 0) is 16.4 Å². The van der Waals surface area contributed by atoms with Crippen molar-refractivity contribution >= 4 is 25.2 Å². The molecule has 3 nitrogen and oxygen atoms in total. The van der Waals surface area contributed by atoms with E-state index in [2.05, 4.69) is 35.9 Å². The highest BCUT2D eigenvalue weighted by Gasteiger charge is 2.37. The summed E-state index contributed by atoms with van der Waals surface area (Å²) in [4.78, 5) is 10.2. The van der Waals surface area contributed by atoms with Crippen LogP contribution in [0.25, 0.3) is 0 Å². The van der Waals surface area contributed by atoms with E-state index < -0.39 is 8.32 Å². The monoisotopic (exact) mass is 285 g/mol. The van der Waals surface area contributed by atoms with E-state index in [0.717, 1.165) is 6.04 Å². The highest BCUT2D eigenvalue weighted by molar-refractivity contribution is 6.97. The average Bonchev–Trinajstić information content (AvgIpc) is 2.54. The van der Waals surface area contributed by atoms with Gasteiger partial charge >= 0.3 is 6.47 Å². The summed E-state index contributed by atoms with van der Waals surface area (Å²) < 4.78 is 10.7. The Labute approximate surface area is 120 Å². The lowest BCUT2D eigenvalue weighted by Gasteiger charge is -2.30. The summed E-state index contributed by atoms with van der Waals surface area (Å²) in [6.07, 6.45) is 0. The largest absolute Gasteiger partial charge is 0.431 e. The quantitative estimate of drug-likeness (QED) is 0.442. The van der Waals surface area contributed by atoms with Crippen LogP contribution in [-0.2, 0) is 14.0 Å². The van der Waals surface area contributed by atoms with Crippen molar-refractivity contribution in [2.24, 2.45) is 0 Å². The predicted octanol–water partition coefficient (Wildman–Crippen LogP) is 1.82. The highest BCUT2D eigenvalue weighted by atomic mass is 28.4. The average molecular weight is 285 g/mol. The maximum Gasteiger partial charge on any atom is 0.419 e. The van der Waals surface area contributed by atoms with Crippen molar-refractivity contribution in [1.82, 2.24) is 0 Å². The Balaban J connectivity index is 2.43. The van der Waals surface area contributed by atoms with Gasteiger partial charge in [-0.25, -0.2) is 4.79 Å². The Bertz CT molecular complexity index is 488. The van der Waals surface area contributed by atoms with Crippen molar-refractivity contribution in [1.29, 1.82) is 0 Å². The third-order valence-corrected chi connectivity index (χ3v) is 7.54. The minimum atomic E-state index is -2.36. The molecule has 0 unspecified atom stereocenters. The van der Waals surface area contributed by atoms with E-state index in [1.807, 2.05) is 36.4 Å². The van der Waals surface area contributed by atoms with Crippen LogP contribution in [0.5, 0.6) is 0 Å². The molecule has 1 radical (unpaired) electrons. The van der Waals surface area contributed by atoms with Crippen molar-refractivity contribution < 1.29 is 14.0 Å². The van der Waals surface area contributed by atoms with E-state index in [9.17, 15) is 4.79 Å². The van der Waals surface area contributed by atoms with Crippen molar-refractivity contribution in [2.75, 3.05) is 6.79 Å². The van der Waals surface area contributed by atoms with Crippen molar-refractivity contribution in [3.63, 3.8) is 0 Å². The maximum atomic E-state index is 10.2. The number of benzene rings is 2. The molecule has 0 saturated carbocycles. The van der Waals surface area contributed by atoms with Gasteiger partial charge in [0.1, 0.15) is 0 Å². The molecule has 0 heterocycles. The van der Waals surface area contributed by atoms with Gasteiger partial charge in [0, 0.05) is 0 Å². The molecule has 0 amide bonds. The van der Waals surface area contributed by atoms with Crippen LogP contribution in [-0.4, -0.2) is 21.6 Å². The lowest BCUT2D eigenvalue weighted by atomic mass is 10.4. The van der Waals surface area contributed by atoms with Gasteiger partial charge in [-0.2, -0.15) is 0 Å². The summed E-state index contributed by atoms with van der Waals surface area (Å²) in [5.41, 5.74) is 0. The molecule has 0 atom stereocenters. The summed E-state index contributed by atoms with van der Waals surface area (Å²) in [5, 5.41) is 2.34. The molecule has 0 fully saturated rings. The van der Waals surface area contributed by atoms with Gasteiger partial charge in [0.25, 0.3) is 8.32 Å². The zero-order valence-corrected chi connectivity index (χ0v) is 12.4. The third-order valence-electron chi connectivity index (χ3n) is 3.40. The number of rotatable bonds is 7. The van der Waals surface area contributed by atoms with Crippen molar-refractivity contribution in [3.8, 4) is 0 Å². The molecule has 0 N–H and O–H groups in total. The smallest absolute Gasteiger partial charge is 0.419 e. The number of hydrogen-bond acceptors (Lipinski definition) is 3. The van der Waals surface area contributed by atoms with Crippen LogP contribution in [0, 0.1) is 0 Å². The van der Waals surface area contributed by atoms with Gasteiger partial charge in [0.2, 0.25) is 0 Å². The second kappa shape index (κ2) is 7.03. The van der Waals surface area contributed by atoms with Crippen LogP contribution in [0.1, 0.15) is 6.92 Å². The van der Waals surface area contributed by atoms with E-state index in [-0.39, 0.29) is 6.79 Å². The maximum absolute atomic E-state index is 10.2. The van der Waals surface area contributed by atoms with Gasteiger partial charge in [0.05, 0.1) is 0 Å². The summed E-state index contributed by atoms with van der Waals surface area (Å²) in [5.74, 6) is 0. The van der Waals surface area contributed by atoms with Gasteiger partial charge < -0.3 is 9.16 Å². The van der Waals surface area contributed by atoms with Crippen LogP contribution in [0.3, 0.4) is 0 Å². The van der Waals surface area contributed by atoms with E-state index in [1.54, 1.807) is 0 Å². The molecule has 0 aliphatic rings. The van der Waals surface area contributed by atoms with Gasteiger partial charge in [-0.15, -0.1) is 0 Å². The molecule has 0 saturated heterocycles. The van der Waals surface area contributed by atoms with Gasteiger partial charge in [-0.1, -0.05) is 67.6 Å². The van der Waals surface area contributed by atoms with Gasteiger partial charge in [-0.3, -0.25) is 0 Å². The van der Waals surface area contributed by atoms with Crippen LogP contribution in [0.15, 0.2) is 60.7 Å². The lowest BCUT2D eigenvalue weighted by Crippen LogP contribution is -2.60. The zero-order chi connectivity index (χ0) is 14.3. The minimum Gasteiger partial charge on any atom is -0.431 e. The molecule has 20 heavy (non-hydrogen) atoms. The number of ether oxygens (including phenoxy) is 1. The lowest BCUT2D eigenvalue weighted by molar-refractivity contribution is 0.101. The Kier molecular flexibility index (Phi) is 5.09. The molecule has 4 heteroatoms. The zero-order valence-electron chi connectivity index (χ0n) is 11.4.